The molecule has 0 atom stereocenters. The zero-order valence-corrected chi connectivity index (χ0v) is 7.64. The molecule has 0 aliphatic heterocycles. The van der Waals surface area contributed by atoms with E-state index in [-0.39, 0.29) is 17.4 Å². The maximum Gasteiger partial charge on any atom is 0.173 e. The number of terminal acetylenes is 1. The SMILES string of the molecule is C#CCCOc1c(F)cccc1Cl. The van der Waals surface area contributed by atoms with Crippen molar-refractivity contribution in [2.24, 2.45) is 0 Å². The number of halogens is 2. The molecule has 1 aromatic rings. The van der Waals surface area contributed by atoms with Crippen LogP contribution in [-0.4, -0.2) is 6.61 Å². The molecule has 0 N–H and O–H groups in total. The van der Waals surface area contributed by atoms with Crippen molar-refractivity contribution in [3.63, 3.8) is 0 Å². The summed E-state index contributed by atoms with van der Waals surface area (Å²) < 4.78 is 18.1. The molecule has 13 heavy (non-hydrogen) atoms. The van der Waals surface area contributed by atoms with Crippen molar-refractivity contribution in [1.82, 2.24) is 0 Å². The van der Waals surface area contributed by atoms with E-state index in [2.05, 4.69) is 5.92 Å². The van der Waals surface area contributed by atoms with E-state index in [1.165, 1.54) is 12.1 Å². The largest absolute Gasteiger partial charge is 0.488 e. The smallest absolute Gasteiger partial charge is 0.173 e. The van der Waals surface area contributed by atoms with Crippen LogP contribution in [-0.2, 0) is 0 Å². The number of benzene rings is 1. The molecule has 1 aromatic carbocycles. The Morgan fingerprint density at radius 2 is 2.31 bits per heavy atom. The fraction of sp³-hybridized carbons (Fsp3) is 0.200. The van der Waals surface area contributed by atoms with Crippen LogP contribution in [0.15, 0.2) is 18.2 Å². The average Bonchev–Trinajstić information content (AvgIpc) is 2.10. The summed E-state index contributed by atoms with van der Waals surface area (Å²) in [6, 6.07) is 4.37. The lowest BCUT2D eigenvalue weighted by molar-refractivity contribution is 0.310. The molecule has 0 aliphatic rings. The standard InChI is InChI=1S/C10H8ClFO/c1-2-3-7-13-10-8(11)5-4-6-9(10)12/h1,4-6H,3,7H2. The number of hydrogen-bond acceptors (Lipinski definition) is 1. The minimum Gasteiger partial charge on any atom is -0.488 e. The van der Waals surface area contributed by atoms with Gasteiger partial charge in [-0.05, 0) is 12.1 Å². The number of hydrogen-bond donors (Lipinski definition) is 0. The Hall–Kier alpha value is -1.20. The van der Waals surface area contributed by atoms with Gasteiger partial charge in [-0.3, -0.25) is 0 Å². The summed E-state index contributed by atoms with van der Waals surface area (Å²) in [5.41, 5.74) is 0. The molecule has 1 nitrogen and oxygen atoms in total. The Balaban J connectivity index is 2.71. The van der Waals surface area contributed by atoms with Gasteiger partial charge in [-0.1, -0.05) is 17.7 Å². The lowest BCUT2D eigenvalue weighted by Crippen LogP contribution is -1.98. The van der Waals surface area contributed by atoms with Crippen LogP contribution in [0.3, 0.4) is 0 Å². The van der Waals surface area contributed by atoms with Gasteiger partial charge in [0.15, 0.2) is 11.6 Å². The topological polar surface area (TPSA) is 9.23 Å². The molecule has 0 saturated carbocycles. The molecular formula is C10H8ClFO. The summed E-state index contributed by atoms with van der Waals surface area (Å²) >= 11 is 5.69. The van der Waals surface area contributed by atoms with Gasteiger partial charge in [0.2, 0.25) is 0 Å². The normalized spacial score (nSPS) is 9.31. The van der Waals surface area contributed by atoms with Crippen molar-refractivity contribution in [3.05, 3.63) is 29.0 Å². The molecule has 0 aliphatic carbocycles. The van der Waals surface area contributed by atoms with Crippen molar-refractivity contribution in [3.8, 4) is 18.1 Å². The van der Waals surface area contributed by atoms with E-state index in [1.54, 1.807) is 6.07 Å². The fourth-order valence-corrected chi connectivity index (χ4v) is 1.05. The first-order chi connectivity index (χ1) is 6.25. The summed E-state index contributed by atoms with van der Waals surface area (Å²) in [4.78, 5) is 0. The molecule has 0 bridgehead atoms. The second-order valence-electron chi connectivity index (χ2n) is 2.35. The summed E-state index contributed by atoms with van der Waals surface area (Å²) in [6.45, 7) is 0.275. The molecule has 0 spiro atoms. The second-order valence-corrected chi connectivity index (χ2v) is 2.76. The Morgan fingerprint density at radius 1 is 1.54 bits per heavy atom. The minimum absolute atomic E-state index is 0.0689. The van der Waals surface area contributed by atoms with Gasteiger partial charge >= 0.3 is 0 Å². The van der Waals surface area contributed by atoms with Crippen LogP contribution < -0.4 is 4.74 Å². The highest BCUT2D eigenvalue weighted by Gasteiger charge is 2.06. The second kappa shape index (κ2) is 4.74. The van der Waals surface area contributed by atoms with Gasteiger partial charge < -0.3 is 4.74 Å². The zero-order chi connectivity index (χ0) is 9.68. The quantitative estimate of drug-likeness (QED) is 0.536. The third-order valence-electron chi connectivity index (χ3n) is 1.41. The van der Waals surface area contributed by atoms with E-state index >= 15 is 0 Å². The van der Waals surface area contributed by atoms with Crippen molar-refractivity contribution >= 4 is 11.6 Å². The highest BCUT2D eigenvalue weighted by atomic mass is 35.5. The predicted octanol–water partition coefficient (Wildman–Crippen LogP) is 2.88. The number of rotatable bonds is 3. The third kappa shape index (κ3) is 2.64. The molecule has 3 heteroatoms. The van der Waals surface area contributed by atoms with Crippen molar-refractivity contribution in [1.29, 1.82) is 0 Å². The molecule has 0 aromatic heterocycles. The lowest BCUT2D eigenvalue weighted by Gasteiger charge is -2.06. The first kappa shape index (κ1) is 9.88. The Bertz CT molecular complexity index is 310. The van der Waals surface area contributed by atoms with E-state index in [0.717, 1.165) is 0 Å². The molecule has 0 radical (unpaired) electrons. The van der Waals surface area contributed by atoms with Gasteiger partial charge in [0.25, 0.3) is 0 Å². The van der Waals surface area contributed by atoms with Crippen molar-refractivity contribution in [2.75, 3.05) is 6.61 Å². The molecular weight excluding hydrogens is 191 g/mol. The first-order valence-electron chi connectivity index (χ1n) is 3.76. The molecule has 0 heterocycles. The Kier molecular flexibility index (Phi) is 3.60. The van der Waals surface area contributed by atoms with Crippen molar-refractivity contribution < 1.29 is 9.13 Å². The number of para-hydroxylation sites is 1. The van der Waals surface area contributed by atoms with Crippen LogP contribution in [0.5, 0.6) is 5.75 Å². The van der Waals surface area contributed by atoms with E-state index in [9.17, 15) is 4.39 Å². The summed E-state index contributed by atoms with van der Waals surface area (Å²) in [7, 11) is 0. The molecule has 68 valence electrons. The summed E-state index contributed by atoms with van der Waals surface area (Å²) in [5.74, 6) is 1.99. The van der Waals surface area contributed by atoms with Crippen LogP contribution in [0.1, 0.15) is 6.42 Å². The molecule has 1 rings (SSSR count). The van der Waals surface area contributed by atoms with Crippen LogP contribution in [0.4, 0.5) is 4.39 Å². The average molecular weight is 199 g/mol. The summed E-state index contributed by atoms with van der Waals surface area (Å²) in [6.07, 6.45) is 5.45. The Labute approximate surface area is 81.5 Å². The van der Waals surface area contributed by atoms with E-state index in [4.69, 9.17) is 22.8 Å². The van der Waals surface area contributed by atoms with Gasteiger partial charge in [0.1, 0.15) is 0 Å². The lowest BCUT2D eigenvalue weighted by atomic mass is 10.3. The third-order valence-corrected chi connectivity index (χ3v) is 1.71. The highest BCUT2D eigenvalue weighted by Crippen LogP contribution is 2.27. The monoisotopic (exact) mass is 198 g/mol. The highest BCUT2D eigenvalue weighted by molar-refractivity contribution is 6.32. The summed E-state index contributed by atoms with van der Waals surface area (Å²) in [5, 5.41) is 0.261. The van der Waals surface area contributed by atoms with Gasteiger partial charge in [-0.25, -0.2) is 4.39 Å². The van der Waals surface area contributed by atoms with E-state index < -0.39 is 5.82 Å². The van der Waals surface area contributed by atoms with E-state index in [1.807, 2.05) is 0 Å². The zero-order valence-electron chi connectivity index (χ0n) is 6.89. The van der Waals surface area contributed by atoms with E-state index in [0.29, 0.717) is 6.42 Å². The first-order valence-corrected chi connectivity index (χ1v) is 4.13. The van der Waals surface area contributed by atoms with Gasteiger partial charge in [0.05, 0.1) is 11.6 Å². The van der Waals surface area contributed by atoms with Gasteiger partial charge in [-0.15, -0.1) is 12.3 Å². The molecule has 0 fully saturated rings. The van der Waals surface area contributed by atoms with Crippen molar-refractivity contribution in [2.45, 2.75) is 6.42 Å². The van der Waals surface area contributed by atoms with Crippen LogP contribution in [0, 0.1) is 18.2 Å². The molecule has 0 saturated heterocycles. The maximum atomic E-state index is 13.0. The van der Waals surface area contributed by atoms with Crippen LogP contribution in [0.25, 0.3) is 0 Å². The van der Waals surface area contributed by atoms with Gasteiger partial charge in [-0.2, -0.15) is 0 Å². The molecule has 0 unspecified atom stereocenters. The predicted molar refractivity (Wildman–Crippen MR) is 50.4 cm³/mol. The minimum atomic E-state index is -0.468. The Morgan fingerprint density at radius 3 is 2.92 bits per heavy atom. The fourth-order valence-electron chi connectivity index (χ4n) is 0.832. The molecule has 0 amide bonds. The van der Waals surface area contributed by atoms with Gasteiger partial charge in [0, 0.05) is 6.42 Å². The van der Waals surface area contributed by atoms with Crippen LogP contribution >= 0.6 is 11.6 Å². The maximum absolute atomic E-state index is 13.0. The van der Waals surface area contributed by atoms with Crippen LogP contribution in [0.2, 0.25) is 5.02 Å². The number of ether oxygens (including phenoxy) is 1.